The topological polar surface area (TPSA) is 29.5 Å². The van der Waals surface area contributed by atoms with Crippen LogP contribution < -0.4 is 0 Å². The second-order valence-corrected chi connectivity index (χ2v) is 12.9. The molecule has 3 heteroatoms. The van der Waals surface area contributed by atoms with Gasteiger partial charge in [0, 0.05) is 13.1 Å². The summed E-state index contributed by atoms with van der Waals surface area (Å²) in [4.78, 5) is 14.6. The molecule has 0 N–H and O–H groups in total. The van der Waals surface area contributed by atoms with Gasteiger partial charge in [-0.3, -0.25) is 0 Å². The average molecular weight is 416 g/mol. The monoisotopic (exact) mass is 415 g/mol. The number of hydrogen-bond acceptors (Lipinski definition) is 2. The molecule has 0 radical (unpaired) electrons. The van der Waals surface area contributed by atoms with Crippen LogP contribution in [0.1, 0.15) is 99.8 Å². The first-order chi connectivity index (χ1) is 13.8. The molecule has 0 saturated heterocycles. The van der Waals surface area contributed by atoms with Crippen LogP contribution in [0.3, 0.4) is 0 Å². The molecular weight excluding hydrogens is 370 g/mol. The number of amides is 1. The Morgan fingerprint density at radius 3 is 2.43 bits per heavy atom. The van der Waals surface area contributed by atoms with E-state index in [-0.39, 0.29) is 6.09 Å². The summed E-state index contributed by atoms with van der Waals surface area (Å²) in [5, 5.41) is 0. The van der Waals surface area contributed by atoms with Crippen LogP contribution in [0.25, 0.3) is 0 Å². The van der Waals surface area contributed by atoms with Gasteiger partial charge in [-0.15, -0.1) is 0 Å². The van der Waals surface area contributed by atoms with Gasteiger partial charge in [0.1, 0.15) is 5.60 Å². The van der Waals surface area contributed by atoms with Crippen LogP contribution >= 0.6 is 0 Å². The molecule has 3 nitrogen and oxygen atoms in total. The van der Waals surface area contributed by atoms with E-state index in [0.29, 0.717) is 22.3 Å². The highest BCUT2D eigenvalue weighted by atomic mass is 16.6. The smallest absolute Gasteiger partial charge is 0.410 e. The Kier molecular flexibility index (Phi) is 5.19. The molecule has 3 fully saturated rings. The summed E-state index contributed by atoms with van der Waals surface area (Å²) in [7, 11) is 1.95. The number of carbonyl (C=O) groups excluding carboxylic acids is 1. The third-order valence-corrected chi connectivity index (χ3v) is 10.6. The van der Waals surface area contributed by atoms with Crippen LogP contribution in [-0.4, -0.2) is 29.7 Å². The van der Waals surface area contributed by atoms with E-state index >= 15 is 0 Å². The van der Waals surface area contributed by atoms with Crippen molar-refractivity contribution in [1.29, 1.82) is 0 Å². The quantitative estimate of drug-likeness (QED) is 0.423. The maximum atomic E-state index is 12.7. The Bertz CT molecular complexity index is 736. The molecule has 30 heavy (non-hydrogen) atoms. The van der Waals surface area contributed by atoms with Crippen molar-refractivity contribution < 1.29 is 9.53 Å². The predicted octanol–water partition coefficient (Wildman–Crippen LogP) is 7.21. The summed E-state index contributed by atoms with van der Waals surface area (Å²) in [5.41, 5.74) is 2.52. The molecule has 2 unspecified atom stereocenters. The maximum Gasteiger partial charge on any atom is 0.410 e. The van der Waals surface area contributed by atoms with Gasteiger partial charge in [0.05, 0.1) is 0 Å². The number of nitrogens with zero attached hydrogens (tertiary/aromatic N) is 1. The van der Waals surface area contributed by atoms with Gasteiger partial charge in [-0.1, -0.05) is 32.4 Å². The summed E-state index contributed by atoms with van der Waals surface area (Å²) in [6, 6.07) is 0.328. The van der Waals surface area contributed by atoms with Crippen molar-refractivity contribution in [2.24, 2.45) is 34.0 Å². The van der Waals surface area contributed by atoms with E-state index in [1.54, 1.807) is 5.57 Å². The largest absolute Gasteiger partial charge is 0.444 e. The Morgan fingerprint density at radius 2 is 1.77 bits per heavy atom. The second-order valence-electron chi connectivity index (χ2n) is 12.9. The van der Waals surface area contributed by atoms with Crippen molar-refractivity contribution in [2.75, 3.05) is 7.05 Å². The first kappa shape index (κ1) is 22.2. The first-order valence-corrected chi connectivity index (χ1v) is 12.4. The van der Waals surface area contributed by atoms with Crippen molar-refractivity contribution in [1.82, 2.24) is 4.90 Å². The Morgan fingerprint density at radius 1 is 1.07 bits per heavy atom. The summed E-state index contributed by atoms with van der Waals surface area (Å²) in [6.07, 6.45) is 12.7. The molecular formula is C27H45NO2. The zero-order valence-electron chi connectivity index (χ0n) is 20.8. The summed E-state index contributed by atoms with van der Waals surface area (Å²) >= 11 is 0. The number of rotatable bonds is 1. The van der Waals surface area contributed by atoms with Gasteiger partial charge in [0.15, 0.2) is 0 Å². The summed E-state index contributed by atoms with van der Waals surface area (Å²) in [5.74, 6) is 2.44. The zero-order valence-corrected chi connectivity index (χ0v) is 20.8. The minimum absolute atomic E-state index is 0.154. The van der Waals surface area contributed by atoms with Crippen LogP contribution in [-0.2, 0) is 4.74 Å². The molecule has 0 spiro atoms. The Hall–Kier alpha value is -0.990. The van der Waals surface area contributed by atoms with Gasteiger partial charge in [-0.2, -0.15) is 0 Å². The van der Waals surface area contributed by atoms with E-state index in [2.05, 4.69) is 33.8 Å². The average Bonchev–Trinajstić information content (AvgIpc) is 2.90. The zero-order chi connectivity index (χ0) is 22.1. The number of hydrogen-bond donors (Lipinski definition) is 0. The van der Waals surface area contributed by atoms with E-state index in [1.807, 2.05) is 32.7 Å². The van der Waals surface area contributed by atoms with Crippen molar-refractivity contribution >= 4 is 6.09 Å². The van der Waals surface area contributed by atoms with E-state index in [4.69, 9.17) is 4.74 Å². The molecule has 170 valence electrons. The van der Waals surface area contributed by atoms with Gasteiger partial charge < -0.3 is 9.64 Å². The molecule has 0 aromatic carbocycles. The number of ether oxygens (including phenoxy) is 1. The number of fused-ring (bicyclic) bond motifs is 5. The lowest BCUT2D eigenvalue weighted by Gasteiger charge is -2.64. The second kappa shape index (κ2) is 7.01. The van der Waals surface area contributed by atoms with E-state index in [1.165, 1.54) is 38.5 Å². The Labute approximate surface area is 185 Å². The van der Waals surface area contributed by atoms with Gasteiger partial charge in [0.25, 0.3) is 0 Å². The molecule has 0 bridgehead atoms. The van der Waals surface area contributed by atoms with Gasteiger partial charge in [0.2, 0.25) is 0 Å². The van der Waals surface area contributed by atoms with Gasteiger partial charge in [-0.25, -0.2) is 4.79 Å². The fourth-order valence-electron chi connectivity index (χ4n) is 8.26. The molecule has 7 atom stereocenters. The first-order valence-electron chi connectivity index (χ1n) is 12.4. The van der Waals surface area contributed by atoms with Crippen LogP contribution in [0.15, 0.2) is 11.6 Å². The van der Waals surface area contributed by atoms with Crippen molar-refractivity contribution in [2.45, 2.75) is 111 Å². The van der Waals surface area contributed by atoms with Crippen LogP contribution in [0.5, 0.6) is 0 Å². The minimum atomic E-state index is -0.426. The molecule has 1 amide bonds. The summed E-state index contributed by atoms with van der Waals surface area (Å²) in [6.45, 7) is 16.0. The molecule has 4 rings (SSSR count). The predicted molar refractivity (Wildman–Crippen MR) is 123 cm³/mol. The molecule has 0 aliphatic heterocycles. The van der Waals surface area contributed by atoms with E-state index < -0.39 is 5.60 Å². The number of carbonyl (C=O) groups is 1. The van der Waals surface area contributed by atoms with Gasteiger partial charge in [-0.05, 0) is 113 Å². The minimum Gasteiger partial charge on any atom is -0.444 e. The molecule has 0 aromatic rings. The molecule has 4 aliphatic carbocycles. The fraction of sp³-hybridized carbons (Fsp3) is 0.889. The third-order valence-electron chi connectivity index (χ3n) is 10.6. The van der Waals surface area contributed by atoms with Crippen molar-refractivity contribution in [3.8, 4) is 0 Å². The molecule has 0 aromatic heterocycles. The van der Waals surface area contributed by atoms with E-state index in [9.17, 15) is 4.79 Å². The van der Waals surface area contributed by atoms with Crippen molar-refractivity contribution in [3.63, 3.8) is 0 Å². The highest BCUT2D eigenvalue weighted by Gasteiger charge is 2.63. The Balaban J connectivity index is 1.50. The lowest BCUT2D eigenvalue weighted by atomic mass is 9.40. The summed E-state index contributed by atoms with van der Waals surface area (Å²) < 4.78 is 5.66. The molecule has 4 aliphatic rings. The van der Waals surface area contributed by atoms with Crippen LogP contribution in [0.2, 0.25) is 0 Å². The van der Waals surface area contributed by atoms with E-state index in [0.717, 1.165) is 30.6 Å². The highest BCUT2D eigenvalue weighted by molar-refractivity contribution is 5.68. The van der Waals surface area contributed by atoms with Crippen molar-refractivity contribution in [3.05, 3.63) is 11.6 Å². The van der Waals surface area contributed by atoms with Gasteiger partial charge >= 0.3 is 6.09 Å². The highest BCUT2D eigenvalue weighted by Crippen LogP contribution is 2.71. The lowest BCUT2D eigenvalue weighted by molar-refractivity contribution is -0.145. The normalized spacial score (nSPS) is 45.7. The molecule has 3 saturated carbocycles. The third kappa shape index (κ3) is 3.16. The van der Waals surface area contributed by atoms with Crippen LogP contribution in [0, 0.1) is 34.0 Å². The van der Waals surface area contributed by atoms with Crippen LogP contribution in [0.4, 0.5) is 4.79 Å². The standard InChI is InChI=1S/C27H45NO2/c1-18-11-15-27(7)22-10-9-19-17-20(28(8)23(29)30-24(2,3)4)12-14-25(19,5)21(22)13-16-26(18,27)6/h11,19-22H,9-10,12-17H2,1-8H3/t19?,20-,21?,22+,25-,26+,27-/m0/s1. The number of allylic oxidation sites excluding steroid dienone is 2. The fourth-order valence-corrected chi connectivity index (χ4v) is 8.26. The lowest BCUT2D eigenvalue weighted by Crippen LogP contribution is -2.58. The maximum absolute atomic E-state index is 12.7. The molecule has 0 heterocycles. The SMILES string of the molecule is CC1=CC[C@@]2(C)[C@@H]3CCC4C[C@@H](N(C)C(=O)OC(C)(C)C)CC[C@]4(C)C3CC[C@]12C.